The highest BCUT2D eigenvalue weighted by Gasteiger charge is 2.30. The number of carbonyl (C=O) groups is 4. The Morgan fingerprint density at radius 1 is 0.963 bits per heavy atom. The number of nitrogens with one attached hydrogen (secondary N) is 3. The zero-order valence-corrected chi connectivity index (χ0v) is 32.8. The first-order valence-corrected chi connectivity index (χ1v) is 16.8. The molecule has 290 valence electrons. The minimum atomic E-state index is -1.41. The van der Waals surface area contributed by atoms with Gasteiger partial charge in [-0.1, -0.05) is 74.9 Å². The minimum absolute atomic E-state index is 0. The average molecular weight is 858 g/mol. The molecule has 0 spiro atoms. The Balaban J connectivity index is 0.00000434. The summed E-state index contributed by atoms with van der Waals surface area (Å²) in [5.41, 5.74) is 7.50. The minimum Gasteiger partial charge on any atom is -0.459 e. The molecule has 13 nitrogen and oxygen atoms in total. The average Bonchev–Trinajstić information content (AvgIpc) is 3.26. The molecule has 0 unspecified atom stereocenters. The van der Waals surface area contributed by atoms with Gasteiger partial charge in [0, 0.05) is 33.4 Å². The highest BCUT2D eigenvalue weighted by atomic mass is 127. The van der Waals surface area contributed by atoms with E-state index >= 15 is 4.39 Å². The van der Waals surface area contributed by atoms with Crippen molar-refractivity contribution >= 4 is 70.5 Å². The maximum absolute atomic E-state index is 15.6. The van der Waals surface area contributed by atoms with Crippen molar-refractivity contribution in [1.29, 1.82) is 0 Å². The van der Waals surface area contributed by atoms with Crippen LogP contribution in [0.3, 0.4) is 0 Å². The maximum atomic E-state index is 15.6. The van der Waals surface area contributed by atoms with Gasteiger partial charge in [0.05, 0.1) is 17.1 Å². The molecule has 1 atom stereocenters. The third-order valence-corrected chi connectivity index (χ3v) is 7.05. The number of carbonyl (C=O) groups excluding carboxylic acids is 4. The standard InChI is InChI=1S/C36H34FN7O6.C3H8.HI.3H2/c1-36(2,3)50-35(48)41-19-27(45)49-20-21-14-15-23(25(37)18-21)29(38)28(31-39-16-9-17-40-31)33(46)44-32-34(47)42-26-13-8-7-12-24(26)30(43-32)22-10-5-4-6-11-22;1-3-2;;;;/h4-18,32H,19-20,38H2,1-3H3,(H,41,48)(H,42,47)(H,44,46);3H2,1-2H3;4*1H/b29-28+;;;;;/t32-;;;;;/m1...../s1. The largest absolute Gasteiger partial charge is 0.459 e. The number of alkyl carbamates (subject to hydrolysis) is 1. The Bertz CT molecular complexity index is 2020. The number of hydrogen-bond acceptors (Lipinski definition) is 10. The normalized spacial score (nSPS) is 13.8. The SMILES string of the molecule is CC(C)(C)OC(=O)NCC(=O)OCc1ccc(/C(N)=C(\C(=O)N[C@H]2N=C(c3ccccc3)c3ccccc3NC2=O)c2ncccn2)c(F)c1.CCC.I.[HH].[HH].[HH]. The molecule has 5 N–H and O–H groups in total. The number of benzene rings is 3. The van der Waals surface area contributed by atoms with Gasteiger partial charge in [0.15, 0.2) is 5.82 Å². The summed E-state index contributed by atoms with van der Waals surface area (Å²) in [6, 6.07) is 21.7. The van der Waals surface area contributed by atoms with Gasteiger partial charge in [0.25, 0.3) is 11.8 Å². The Kier molecular flexibility index (Phi) is 15.8. The molecule has 0 bridgehead atoms. The van der Waals surface area contributed by atoms with Crippen molar-refractivity contribution in [3.63, 3.8) is 0 Å². The third kappa shape index (κ3) is 11.9. The van der Waals surface area contributed by atoms with Crippen molar-refractivity contribution in [2.24, 2.45) is 10.7 Å². The topological polar surface area (TPSA) is 187 Å². The summed E-state index contributed by atoms with van der Waals surface area (Å²) >= 11 is 0. The molecular weight excluding hydrogens is 808 g/mol. The molecule has 15 heteroatoms. The molecule has 0 aliphatic carbocycles. The van der Waals surface area contributed by atoms with Crippen molar-refractivity contribution in [1.82, 2.24) is 20.6 Å². The second-order valence-electron chi connectivity index (χ2n) is 12.7. The molecule has 0 radical (unpaired) electrons. The van der Waals surface area contributed by atoms with E-state index in [-0.39, 0.29) is 63.1 Å². The van der Waals surface area contributed by atoms with Gasteiger partial charge in [-0.05, 0) is 50.6 Å². The summed E-state index contributed by atoms with van der Waals surface area (Å²) in [6.45, 7) is 8.52. The van der Waals surface area contributed by atoms with Crippen LogP contribution in [0.15, 0.2) is 96.2 Å². The smallest absolute Gasteiger partial charge is 0.408 e. The van der Waals surface area contributed by atoms with Gasteiger partial charge < -0.3 is 31.2 Å². The zero-order chi connectivity index (χ0) is 38.5. The van der Waals surface area contributed by atoms with Crippen LogP contribution in [0.5, 0.6) is 0 Å². The molecule has 54 heavy (non-hydrogen) atoms. The van der Waals surface area contributed by atoms with E-state index < -0.39 is 48.0 Å². The van der Waals surface area contributed by atoms with Gasteiger partial charge in [-0.15, -0.1) is 24.0 Å². The number of fused-ring (bicyclic) bond motifs is 1. The molecule has 1 aliphatic heterocycles. The van der Waals surface area contributed by atoms with Crippen LogP contribution in [-0.2, 0) is 30.5 Å². The van der Waals surface area contributed by atoms with E-state index in [0.29, 0.717) is 22.5 Å². The van der Waals surface area contributed by atoms with Crippen molar-refractivity contribution in [3.05, 3.63) is 125 Å². The van der Waals surface area contributed by atoms with E-state index in [4.69, 9.17) is 15.2 Å². The van der Waals surface area contributed by atoms with E-state index in [1.165, 1.54) is 37.0 Å². The second-order valence-corrected chi connectivity index (χ2v) is 12.7. The highest BCUT2D eigenvalue weighted by Crippen LogP contribution is 2.26. The number of nitrogens with zero attached hydrogens (tertiary/aromatic N) is 3. The van der Waals surface area contributed by atoms with Gasteiger partial charge in [0.2, 0.25) is 6.17 Å². The molecule has 4 aromatic rings. The first kappa shape index (κ1) is 42.7. The molecule has 3 aromatic carbocycles. The number of anilines is 1. The lowest BCUT2D eigenvalue weighted by Gasteiger charge is -2.19. The fourth-order valence-electron chi connectivity index (χ4n) is 4.82. The number of hydrogen-bond donors (Lipinski definition) is 4. The fourth-order valence-corrected chi connectivity index (χ4v) is 4.82. The first-order chi connectivity index (χ1) is 25.3. The Morgan fingerprint density at radius 3 is 2.26 bits per heavy atom. The molecule has 0 fully saturated rings. The van der Waals surface area contributed by atoms with Gasteiger partial charge in [-0.25, -0.2) is 24.1 Å². The van der Waals surface area contributed by atoms with E-state index in [0.717, 1.165) is 6.07 Å². The zero-order valence-electron chi connectivity index (χ0n) is 30.5. The number of halogens is 2. The van der Waals surface area contributed by atoms with Crippen LogP contribution in [0.1, 0.15) is 73.4 Å². The van der Waals surface area contributed by atoms with E-state index in [9.17, 15) is 19.2 Å². The van der Waals surface area contributed by atoms with Crippen molar-refractivity contribution in [3.8, 4) is 0 Å². The number of aromatic nitrogens is 2. The van der Waals surface area contributed by atoms with Gasteiger partial charge in [0.1, 0.15) is 30.1 Å². The van der Waals surface area contributed by atoms with Crippen LogP contribution < -0.4 is 21.7 Å². The Hall–Kier alpha value is -5.71. The summed E-state index contributed by atoms with van der Waals surface area (Å²) < 4.78 is 25.8. The third-order valence-electron chi connectivity index (χ3n) is 7.05. The maximum Gasteiger partial charge on any atom is 0.408 e. The molecule has 2 heterocycles. The number of amides is 3. The Morgan fingerprint density at radius 2 is 1.61 bits per heavy atom. The first-order valence-electron chi connectivity index (χ1n) is 16.8. The predicted molar refractivity (Wildman–Crippen MR) is 220 cm³/mol. The lowest BCUT2D eigenvalue weighted by atomic mass is 10.0. The number of nitrogens with two attached hydrogens (primary N) is 1. The van der Waals surface area contributed by atoms with Crippen LogP contribution >= 0.6 is 24.0 Å². The molecule has 0 saturated carbocycles. The number of aliphatic imine (C=N–C) groups is 1. The van der Waals surface area contributed by atoms with Crippen molar-refractivity contribution in [2.75, 3.05) is 11.9 Å². The van der Waals surface area contributed by atoms with Crippen LogP contribution in [0.2, 0.25) is 0 Å². The van der Waals surface area contributed by atoms with E-state index in [2.05, 4.69) is 44.8 Å². The highest BCUT2D eigenvalue weighted by molar-refractivity contribution is 14.0. The van der Waals surface area contributed by atoms with Crippen molar-refractivity contribution < 1.29 is 37.3 Å². The molecule has 1 aliphatic rings. The van der Waals surface area contributed by atoms with Gasteiger partial charge >= 0.3 is 12.1 Å². The molecule has 3 amide bonds. The number of rotatable bonds is 9. The number of esters is 1. The number of benzodiazepines with no additional fused rings is 1. The summed E-state index contributed by atoms with van der Waals surface area (Å²) in [5.74, 6) is -3.23. The van der Waals surface area contributed by atoms with E-state index in [1.807, 2.05) is 36.4 Å². The molecule has 5 rings (SSSR count). The summed E-state index contributed by atoms with van der Waals surface area (Å²) in [5, 5.41) is 7.70. The van der Waals surface area contributed by atoms with Crippen LogP contribution in [0.4, 0.5) is 14.9 Å². The molecule has 1 aromatic heterocycles. The van der Waals surface area contributed by atoms with Crippen LogP contribution in [0.25, 0.3) is 11.3 Å². The summed E-state index contributed by atoms with van der Waals surface area (Å²) in [6.07, 6.45) is 1.82. The van der Waals surface area contributed by atoms with E-state index in [1.54, 1.807) is 39.0 Å². The Labute approximate surface area is 334 Å². The number of ether oxygens (including phenoxy) is 2. The quantitative estimate of drug-likeness (QED) is 0.0806. The van der Waals surface area contributed by atoms with Crippen LogP contribution in [-0.4, -0.2) is 57.9 Å². The summed E-state index contributed by atoms with van der Waals surface area (Å²) in [7, 11) is 0. The lowest BCUT2D eigenvalue weighted by Crippen LogP contribution is -2.43. The molecular formula is C39H49FIN7O6. The van der Waals surface area contributed by atoms with Crippen LogP contribution in [0, 0.1) is 5.82 Å². The predicted octanol–water partition coefficient (Wildman–Crippen LogP) is 6.71. The van der Waals surface area contributed by atoms with Gasteiger partial charge in [-0.2, -0.15) is 0 Å². The number of para-hydroxylation sites is 1. The summed E-state index contributed by atoms with van der Waals surface area (Å²) in [4.78, 5) is 64.2. The molecule has 0 saturated heterocycles. The monoisotopic (exact) mass is 857 g/mol. The lowest BCUT2D eigenvalue weighted by molar-refractivity contribution is -0.143. The van der Waals surface area contributed by atoms with Gasteiger partial charge in [-0.3, -0.25) is 14.4 Å². The fraction of sp³-hybridized carbons (Fsp3) is 0.256. The van der Waals surface area contributed by atoms with Crippen molar-refractivity contribution in [2.45, 2.75) is 59.4 Å². The second kappa shape index (κ2) is 19.9.